The van der Waals surface area contributed by atoms with E-state index in [1.807, 2.05) is 31.2 Å². The number of carbonyl (C=O) groups excluding carboxylic acids is 1. The fourth-order valence-corrected chi connectivity index (χ4v) is 2.39. The normalized spacial score (nSPS) is 12.4. The van der Waals surface area contributed by atoms with E-state index in [1.54, 1.807) is 11.8 Å². The van der Waals surface area contributed by atoms with Crippen molar-refractivity contribution in [3.63, 3.8) is 0 Å². The third-order valence-electron chi connectivity index (χ3n) is 2.62. The molecule has 1 nitrogen and oxygen atoms in total. The van der Waals surface area contributed by atoms with Crippen molar-refractivity contribution in [3.05, 3.63) is 29.8 Å². The van der Waals surface area contributed by atoms with Crippen LogP contribution in [-0.2, 0) is 0 Å². The van der Waals surface area contributed by atoms with Crippen LogP contribution in [0.4, 0.5) is 0 Å². The van der Waals surface area contributed by atoms with Crippen molar-refractivity contribution in [2.24, 2.45) is 5.92 Å². The van der Waals surface area contributed by atoms with E-state index in [1.165, 1.54) is 4.90 Å². The zero-order chi connectivity index (χ0) is 12.0. The smallest absolute Gasteiger partial charge is 0.165 e. The topological polar surface area (TPSA) is 17.1 Å². The molecule has 0 saturated heterocycles. The van der Waals surface area contributed by atoms with Crippen molar-refractivity contribution in [3.8, 4) is 0 Å². The number of rotatable bonds is 6. The van der Waals surface area contributed by atoms with Gasteiger partial charge in [0.25, 0.3) is 0 Å². The minimum absolute atomic E-state index is 0.148. The molecule has 0 fully saturated rings. The number of Topliss-reactive ketones (excluding diaryl/α,β-unsaturated/α-hetero) is 1. The number of thioether (sulfide) groups is 1. The average Bonchev–Trinajstić information content (AvgIpc) is 2.30. The Bertz CT molecular complexity index is 329. The number of hydrogen-bond donors (Lipinski definition) is 0. The molecule has 0 spiro atoms. The zero-order valence-electron chi connectivity index (χ0n) is 10.3. The van der Waals surface area contributed by atoms with Crippen LogP contribution < -0.4 is 0 Å². The molecule has 88 valence electrons. The maximum Gasteiger partial charge on any atom is 0.165 e. The summed E-state index contributed by atoms with van der Waals surface area (Å²) in [5.41, 5.74) is 0.849. The summed E-state index contributed by atoms with van der Waals surface area (Å²) in [6.45, 7) is 6.26. The van der Waals surface area contributed by atoms with Crippen LogP contribution in [0.5, 0.6) is 0 Å². The summed E-state index contributed by atoms with van der Waals surface area (Å²) < 4.78 is 0. The Hall–Kier alpha value is -0.760. The van der Waals surface area contributed by atoms with Gasteiger partial charge in [-0.25, -0.2) is 0 Å². The molecule has 0 aliphatic rings. The monoisotopic (exact) mass is 236 g/mol. The summed E-state index contributed by atoms with van der Waals surface area (Å²) in [7, 11) is 0. The van der Waals surface area contributed by atoms with Crippen LogP contribution in [0.3, 0.4) is 0 Å². The molecule has 0 amide bonds. The lowest BCUT2D eigenvalue weighted by Gasteiger charge is -2.09. The van der Waals surface area contributed by atoms with E-state index in [-0.39, 0.29) is 11.7 Å². The molecule has 0 saturated carbocycles. The van der Waals surface area contributed by atoms with E-state index in [9.17, 15) is 4.79 Å². The number of carbonyl (C=O) groups is 1. The lowest BCUT2D eigenvalue weighted by atomic mass is 9.95. The first-order valence-corrected chi connectivity index (χ1v) is 6.94. The molecule has 0 aliphatic heterocycles. The molecule has 0 N–H and O–H groups in total. The molecule has 1 unspecified atom stereocenters. The predicted molar refractivity (Wildman–Crippen MR) is 71.2 cm³/mol. The molecular weight excluding hydrogens is 216 g/mol. The van der Waals surface area contributed by atoms with Gasteiger partial charge in [0, 0.05) is 16.4 Å². The third kappa shape index (κ3) is 3.67. The van der Waals surface area contributed by atoms with Gasteiger partial charge in [0.15, 0.2) is 5.78 Å². The Morgan fingerprint density at radius 2 is 1.88 bits per heavy atom. The number of hydrogen-bond acceptors (Lipinski definition) is 2. The van der Waals surface area contributed by atoms with Crippen LogP contribution in [0.1, 0.15) is 44.0 Å². The summed E-state index contributed by atoms with van der Waals surface area (Å²) in [4.78, 5) is 13.2. The van der Waals surface area contributed by atoms with Gasteiger partial charge in [0.1, 0.15) is 0 Å². The second kappa shape index (κ2) is 6.74. The Morgan fingerprint density at radius 1 is 1.25 bits per heavy atom. The van der Waals surface area contributed by atoms with Gasteiger partial charge in [-0.05, 0) is 24.3 Å². The highest BCUT2D eigenvalue weighted by atomic mass is 32.2. The average molecular weight is 236 g/mol. The zero-order valence-corrected chi connectivity index (χ0v) is 11.1. The highest BCUT2D eigenvalue weighted by Gasteiger charge is 2.13. The molecular formula is C14H20OS. The molecule has 1 atom stereocenters. The summed E-state index contributed by atoms with van der Waals surface area (Å²) in [5.74, 6) is 1.49. The van der Waals surface area contributed by atoms with Crippen LogP contribution >= 0.6 is 11.8 Å². The van der Waals surface area contributed by atoms with Crippen molar-refractivity contribution in [1.82, 2.24) is 0 Å². The summed E-state index contributed by atoms with van der Waals surface area (Å²) in [6, 6.07) is 7.99. The van der Waals surface area contributed by atoms with E-state index in [2.05, 4.69) is 13.8 Å². The summed E-state index contributed by atoms with van der Waals surface area (Å²) >= 11 is 1.80. The molecule has 0 heterocycles. The number of ketones is 1. The first-order valence-electron chi connectivity index (χ1n) is 5.96. The van der Waals surface area contributed by atoms with Crippen molar-refractivity contribution in [1.29, 1.82) is 0 Å². The SMILES string of the molecule is CCCC(C)C(=O)c1ccc(SCC)cc1. The molecule has 0 aromatic heterocycles. The molecule has 0 radical (unpaired) electrons. The fourth-order valence-electron chi connectivity index (χ4n) is 1.73. The van der Waals surface area contributed by atoms with Gasteiger partial charge in [-0.1, -0.05) is 39.3 Å². The second-order valence-electron chi connectivity index (χ2n) is 4.01. The van der Waals surface area contributed by atoms with Crippen molar-refractivity contribution >= 4 is 17.5 Å². The van der Waals surface area contributed by atoms with E-state index in [4.69, 9.17) is 0 Å². The standard InChI is InChI=1S/C14H20OS/c1-4-6-11(3)14(15)12-7-9-13(10-8-12)16-5-2/h7-11H,4-6H2,1-3H3. The van der Waals surface area contributed by atoms with Crippen LogP contribution in [0.25, 0.3) is 0 Å². The third-order valence-corrected chi connectivity index (χ3v) is 3.51. The Kier molecular flexibility index (Phi) is 5.61. The van der Waals surface area contributed by atoms with Crippen LogP contribution in [0.2, 0.25) is 0 Å². The highest BCUT2D eigenvalue weighted by Crippen LogP contribution is 2.20. The molecule has 0 aliphatic carbocycles. The molecule has 1 aromatic rings. The van der Waals surface area contributed by atoms with E-state index in [0.29, 0.717) is 0 Å². The van der Waals surface area contributed by atoms with Gasteiger partial charge in [0.05, 0.1) is 0 Å². The van der Waals surface area contributed by atoms with E-state index in [0.717, 1.165) is 24.2 Å². The minimum Gasteiger partial charge on any atom is -0.294 e. The Labute approximate surface area is 103 Å². The predicted octanol–water partition coefficient (Wildman–Crippen LogP) is 4.42. The number of benzene rings is 1. The van der Waals surface area contributed by atoms with Crippen LogP contribution in [0.15, 0.2) is 29.2 Å². The largest absolute Gasteiger partial charge is 0.294 e. The maximum absolute atomic E-state index is 12.0. The van der Waals surface area contributed by atoms with Gasteiger partial charge in [-0.2, -0.15) is 0 Å². The maximum atomic E-state index is 12.0. The first-order chi connectivity index (χ1) is 7.69. The summed E-state index contributed by atoms with van der Waals surface area (Å²) in [5, 5.41) is 0. The first kappa shape index (κ1) is 13.3. The van der Waals surface area contributed by atoms with Crippen LogP contribution in [0, 0.1) is 5.92 Å². The molecule has 16 heavy (non-hydrogen) atoms. The molecule has 2 heteroatoms. The quantitative estimate of drug-likeness (QED) is 0.537. The van der Waals surface area contributed by atoms with Gasteiger partial charge in [-0.3, -0.25) is 4.79 Å². The molecule has 1 aromatic carbocycles. The second-order valence-corrected chi connectivity index (χ2v) is 5.35. The van der Waals surface area contributed by atoms with Crippen molar-refractivity contribution in [2.45, 2.75) is 38.5 Å². The van der Waals surface area contributed by atoms with E-state index < -0.39 is 0 Å². The fraction of sp³-hybridized carbons (Fsp3) is 0.500. The lowest BCUT2D eigenvalue weighted by Crippen LogP contribution is -2.10. The highest BCUT2D eigenvalue weighted by molar-refractivity contribution is 7.99. The van der Waals surface area contributed by atoms with Gasteiger partial charge in [0.2, 0.25) is 0 Å². The lowest BCUT2D eigenvalue weighted by molar-refractivity contribution is 0.0923. The summed E-state index contributed by atoms with van der Waals surface area (Å²) in [6.07, 6.45) is 2.04. The Morgan fingerprint density at radius 3 is 2.38 bits per heavy atom. The molecule has 0 bridgehead atoms. The van der Waals surface area contributed by atoms with E-state index >= 15 is 0 Å². The van der Waals surface area contributed by atoms with Crippen molar-refractivity contribution in [2.75, 3.05) is 5.75 Å². The van der Waals surface area contributed by atoms with Gasteiger partial charge in [-0.15, -0.1) is 11.8 Å². The molecule has 1 rings (SSSR count). The van der Waals surface area contributed by atoms with Gasteiger partial charge < -0.3 is 0 Å². The van der Waals surface area contributed by atoms with Crippen molar-refractivity contribution < 1.29 is 4.79 Å². The van der Waals surface area contributed by atoms with Crippen LogP contribution in [-0.4, -0.2) is 11.5 Å². The Balaban J connectivity index is 2.69. The minimum atomic E-state index is 0.148. The van der Waals surface area contributed by atoms with Gasteiger partial charge >= 0.3 is 0 Å².